The zero-order valence-corrected chi connectivity index (χ0v) is 9.84. The summed E-state index contributed by atoms with van der Waals surface area (Å²) in [4.78, 5) is 21.1. The van der Waals surface area contributed by atoms with Crippen LogP contribution in [0.3, 0.4) is 0 Å². The molecule has 0 aromatic carbocycles. The quantitative estimate of drug-likeness (QED) is 0.741. The van der Waals surface area contributed by atoms with Gasteiger partial charge >= 0.3 is 14.1 Å². The van der Waals surface area contributed by atoms with E-state index in [1.807, 2.05) is 0 Å². The molecule has 0 rings (SSSR count). The largest absolute Gasteiger partial charge is 0.595 e. The van der Waals surface area contributed by atoms with E-state index in [2.05, 4.69) is 5.32 Å². The lowest BCUT2D eigenvalue weighted by molar-refractivity contribution is -0.164. The first-order chi connectivity index (χ1) is 6.70. The second-order valence-electron chi connectivity index (χ2n) is 4.00. The highest BCUT2D eigenvalue weighted by molar-refractivity contribution is 7.36. The predicted octanol–water partition coefficient (Wildman–Crippen LogP) is 0.952. The van der Waals surface area contributed by atoms with Crippen LogP contribution in [0, 0.1) is 0 Å². The monoisotopic (exact) mass is 239 g/mol. The van der Waals surface area contributed by atoms with E-state index in [4.69, 9.17) is 4.74 Å². The van der Waals surface area contributed by atoms with Crippen molar-refractivity contribution in [2.75, 3.05) is 12.7 Å². The number of amides is 1. The van der Waals surface area contributed by atoms with Crippen LogP contribution in [-0.4, -0.2) is 30.6 Å². The lowest BCUT2D eigenvalue weighted by atomic mass is 10.2. The number of alkyl carbamates (subject to hydrolysis) is 1. The van der Waals surface area contributed by atoms with Gasteiger partial charge in [0.1, 0.15) is 5.60 Å². The highest BCUT2D eigenvalue weighted by Gasteiger charge is 2.19. The molecule has 1 unspecified atom stereocenters. The summed E-state index contributed by atoms with van der Waals surface area (Å²) in [7, 11) is -2.76. The summed E-state index contributed by atoms with van der Waals surface area (Å²) in [5.74, 6) is 0. The highest BCUT2D eigenvalue weighted by Crippen LogP contribution is 2.11. The second-order valence-corrected chi connectivity index (χ2v) is 5.03. The van der Waals surface area contributed by atoms with E-state index in [-0.39, 0.29) is 6.54 Å². The van der Waals surface area contributed by atoms with E-state index in [1.165, 1.54) is 0 Å². The normalized spacial score (nSPS) is 14.3. The Kier molecular flexibility index (Phi) is 5.68. The minimum Gasteiger partial charge on any atom is -0.595 e. The average Bonchev–Trinajstić information content (AvgIpc) is 1.96. The first-order valence-corrected chi connectivity index (χ1v) is 5.79. The lowest BCUT2D eigenvalue weighted by Crippen LogP contribution is -2.36. The lowest BCUT2D eigenvalue weighted by Gasteiger charge is -2.19. The third-order valence-electron chi connectivity index (χ3n) is 1.21. The maximum atomic E-state index is 12.8. The van der Waals surface area contributed by atoms with Crippen LogP contribution in [0.15, 0.2) is 0 Å². The van der Waals surface area contributed by atoms with Gasteiger partial charge in [-0.2, -0.15) is 0 Å². The molecule has 0 heterocycles. The smallest absolute Gasteiger partial charge is 0.407 e. The van der Waals surface area contributed by atoms with Gasteiger partial charge in [-0.15, -0.1) is 0 Å². The SMILES string of the molecule is CC(C)(C)OC(=O)NC[C@@H](F)C[P+](=O)[O-]. The predicted molar refractivity (Wildman–Crippen MR) is 51.6 cm³/mol. The minimum atomic E-state index is -2.76. The number of ether oxygens (including phenoxy) is 1. The van der Waals surface area contributed by atoms with Crippen LogP contribution in [-0.2, 0) is 9.30 Å². The molecule has 0 aromatic rings. The number of halogens is 1. The van der Waals surface area contributed by atoms with Crippen LogP contribution in [0.2, 0.25) is 0 Å². The Hall–Kier alpha value is -0.740. The number of carbonyl (C=O) groups excluding carboxylic acids is 1. The van der Waals surface area contributed by atoms with Crippen LogP contribution in [0.5, 0.6) is 0 Å². The summed E-state index contributed by atoms with van der Waals surface area (Å²) >= 11 is 0. The number of hydrogen-bond acceptors (Lipinski definition) is 4. The van der Waals surface area contributed by atoms with Crippen molar-refractivity contribution in [3.8, 4) is 0 Å². The summed E-state index contributed by atoms with van der Waals surface area (Å²) in [6.45, 7) is 4.66. The van der Waals surface area contributed by atoms with Crippen LogP contribution in [0.25, 0.3) is 0 Å². The number of rotatable bonds is 4. The number of alkyl halides is 1. The molecule has 0 aromatic heterocycles. The van der Waals surface area contributed by atoms with Crippen LogP contribution < -0.4 is 10.2 Å². The Bertz CT molecular complexity index is 241. The van der Waals surface area contributed by atoms with Gasteiger partial charge in [-0.3, -0.25) is 0 Å². The van der Waals surface area contributed by atoms with Crippen molar-refractivity contribution in [2.45, 2.75) is 32.5 Å². The summed E-state index contributed by atoms with van der Waals surface area (Å²) in [6, 6.07) is 0. The molecule has 1 N–H and O–H groups in total. The zero-order chi connectivity index (χ0) is 12.1. The van der Waals surface area contributed by atoms with Crippen molar-refractivity contribution in [2.24, 2.45) is 0 Å². The molecule has 0 bridgehead atoms. The Morgan fingerprint density at radius 3 is 2.53 bits per heavy atom. The van der Waals surface area contributed by atoms with E-state index >= 15 is 0 Å². The van der Waals surface area contributed by atoms with Crippen LogP contribution in [0.4, 0.5) is 9.18 Å². The van der Waals surface area contributed by atoms with Gasteiger partial charge < -0.3 is 14.9 Å². The number of nitrogens with one attached hydrogen (secondary N) is 1. The second kappa shape index (κ2) is 5.98. The molecular formula is C8H15FNO4P. The molecule has 15 heavy (non-hydrogen) atoms. The van der Waals surface area contributed by atoms with Gasteiger partial charge in [-0.25, -0.2) is 9.18 Å². The van der Waals surface area contributed by atoms with Crippen molar-refractivity contribution < 1.29 is 23.4 Å². The fourth-order valence-corrected chi connectivity index (χ4v) is 1.19. The number of carbonyl (C=O) groups is 1. The molecule has 0 saturated heterocycles. The summed E-state index contributed by atoms with van der Waals surface area (Å²) in [6.07, 6.45) is -2.95. The molecule has 0 aliphatic rings. The van der Waals surface area contributed by atoms with E-state index in [0.717, 1.165) is 0 Å². The van der Waals surface area contributed by atoms with E-state index in [0.29, 0.717) is 0 Å². The fourth-order valence-electron chi connectivity index (χ4n) is 0.735. The molecule has 0 radical (unpaired) electrons. The van der Waals surface area contributed by atoms with Gasteiger partial charge in [-0.1, -0.05) is 4.57 Å². The summed E-state index contributed by atoms with van der Waals surface area (Å²) < 4.78 is 27.8. The molecule has 88 valence electrons. The molecule has 1 amide bonds. The van der Waals surface area contributed by atoms with Gasteiger partial charge in [-0.05, 0) is 20.8 Å². The van der Waals surface area contributed by atoms with E-state index in [9.17, 15) is 18.6 Å². The van der Waals surface area contributed by atoms with Gasteiger partial charge in [0.15, 0.2) is 12.3 Å². The van der Waals surface area contributed by atoms with Gasteiger partial charge in [0.2, 0.25) is 0 Å². The van der Waals surface area contributed by atoms with Crippen molar-refractivity contribution in [1.29, 1.82) is 0 Å². The molecular weight excluding hydrogens is 224 g/mol. The van der Waals surface area contributed by atoms with Crippen molar-refractivity contribution in [3.63, 3.8) is 0 Å². The first kappa shape index (κ1) is 14.3. The molecule has 0 spiro atoms. The Morgan fingerprint density at radius 2 is 2.13 bits per heavy atom. The van der Waals surface area contributed by atoms with E-state index in [1.54, 1.807) is 20.8 Å². The maximum absolute atomic E-state index is 12.8. The average molecular weight is 239 g/mol. The van der Waals surface area contributed by atoms with Gasteiger partial charge in [0.05, 0.1) is 6.54 Å². The van der Waals surface area contributed by atoms with Crippen molar-refractivity contribution in [3.05, 3.63) is 0 Å². The summed E-state index contributed by atoms with van der Waals surface area (Å²) in [5.41, 5.74) is -0.653. The molecule has 0 fully saturated rings. The molecule has 0 aliphatic carbocycles. The van der Waals surface area contributed by atoms with E-state index < -0.39 is 32.1 Å². The highest BCUT2D eigenvalue weighted by atomic mass is 31.1. The molecule has 0 aliphatic heterocycles. The van der Waals surface area contributed by atoms with Gasteiger partial charge in [0.25, 0.3) is 0 Å². The first-order valence-electron chi connectivity index (χ1n) is 4.43. The van der Waals surface area contributed by atoms with Crippen LogP contribution in [0.1, 0.15) is 20.8 Å². The van der Waals surface area contributed by atoms with Crippen molar-refractivity contribution in [1.82, 2.24) is 5.32 Å². The number of hydrogen-bond donors (Lipinski definition) is 1. The topological polar surface area (TPSA) is 78.5 Å². The maximum Gasteiger partial charge on any atom is 0.407 e. The summed E-state index contributed by atoms with van der Waals surface area (Å²) in [5, 5.41) is 2.14. The molecule has 7 heteroatoms. The standard InChI is InChI=1S/C8H15FNO4P/c1-8(2,3)14-7(11)10-4-6(9)5-15(12)13/h6H,4-5H2,1-3H3,(H,10,11)/t6-/m1/s1. The molecule has 0 saturated carbocycles. The fraction of sp³-hybridized carbons (Fsp3) is 0.875. The van der Waals surface area contributed by atoms with Gasteiger partial charge in [0, 0.05) is 0 Å². The Labute approximate surface area is 88.9 Å². The molecule has 5 nitrogen and oxygen atoms in total. The minimum absolute atomic E-state index is 0.363. The van der Waals surface area contributed by atoms with Crippen molar-refractivity contribution >= 4 is 14.1 Å². The third kappa shape index (κ3) is 9.56. The van der Waals surface area contributed by atoms with Crippen LogP contribution >= 0.6 is 8.03 Å². The molecule has 2 atom stereocenters. The Balaban J connectivity index is 3.76. The zero-order valence-electron chi connectivity index (χ0n) is 8.95. The Morgan fingerprint density at radius 1 is 1.60 bits per heavy atom. The third-order valence-corrected chi connectivity index (χ3v) is 1.91.